The van der Waals surface area contributed by atoms with Crippen LogP contribution in [0, 0.1) is 63.6 Å². The number of anilines is 1. The summed E-state index contributed by atoms with van der Waals surface area (Å²) in [7, 11) is 0. The Hall–Kier alpha value is -3.46. The van der Waals surface area contributed by atoms with Crippen molar-refractivity contribution >= 4 is 11.7 Å². The Morgan fingerprint density at radius 1 is 1.07 bits per heavy atom. The molecule has 1 amide bonds. The first-order valence-corrected chi connectivity index (χ1v) is 15.4. The summed E-state index contributed by atoms with van der Waals surface area (Å²) in [6.07, 6.45) is 0.203. The molecule has 0 bridgehead atoms. The number of carbonyl (C=O) groups is 1. The van der Waals surface area contributed by atoms with Crippen LogP contribution in [0.2, 0.25) is 0 Å². The molecule has 3 heterocycles. The molecule has 12 heteroatoms. The smallest absolute Gasteiger partial charge is 0.381 e. The second kappa shape index (κ2) is 8.37. The predicted octanol–water partition coefficient (Wildman–Crippen LogP) is 3.04. The van der Waals surface area contributed by atoms with Crippen LogP contribution in [0.4, 0.5) is 19.0 Å². The maximum absolute atomic E-state index is 13.8. The molecule has 1 N–H and O–H groups in total. The van der Waals surface area contributed by atoms with Crippen LogP contribution in [0.5, 0.6) is 0 Å². The highest BCUT2D eigenvalue weighted by Crippen LogP contribution is 3.10. The fraction of sp³-hybridized carbons (Fsp3) is 0.645. The number of aromatic amines is 1. The van der Waals surface area contributed by atoms with E-state index in [1.54, 1.807) is 12.3 Å². The summed E-state index contributed by atoms with van der Waals surface area (Å²) in [5.74, 6) is 3.87. The summed E-state index contributed by atoms with van der Waals surface area (Å²) >= 11 is 0. The van der Waals surface area contributed by atoms with Gasteiger partial charge in [0.1, 0.15) is 17.5 Å². The van der Waals surface area contributed by atoms with E-state index in [1.165, 1.54) is 6.20 Å². The van der Waals surface area contributed by atoms with E-state index in [2.05, 4.69) is 26.0 Å². The zero-order chi connectivity index (χ0) is 29.5. The lowest BCUT2D eigenvalue weighted by atomic mass is 8.92. The maximum atomic E-state index is 13.8. The molecule has 0 radical (unpaired) electrons. The van der Waals surface area contributed by atoms with Gasteiger partial charge in [-0.3, -0.25) is 9.59 Å². The number of pyridine rings is 1. The minimum atomic E-state index is -4.72. The van der Waals surface area contributed by atoms with E-state index in [9.17, 15) is 22.8 Å². The Morgan fingerprint density at radius 2 is 1.79 bits per heavy atom. The number of carbonyl (C=O) groups excluding carboxylic acids is 1. The lowest BCUT2D eigenvalue weighted by Gasteiger charge is -3.10. The number of rotatable bonds is 7. The number of ether oxygens (including phenoxy) is 1. The van der Waals surface area contributed by atoms with E-state index < -0.39 is 17.3 Å². The third kappa shape index (κ3) is 2.89. The number of halogens is 3. The monoisotopic (exact) mass is 592 g/mol. The maximum Gasteiger partial charge on any atom is 0.422 e. The molecule has 1 unspecified atom stereocenters. The molecule has 9 nitrogen and oxygen atoms in total. The van der Waals surface area contributed by atoms with Gasteiger partial charge in [-0.1, -0.05) is 6.42 Å². The van der Waals surface area contributed by atoms with Gasteiger partial charge in [0.25, 0.3) is 5.56 Å². The minimum absolute atomic E-state index is 0.00625. The number of nitrogens with zero attached hydrogens (tertiary/aromatic N) is 5. The van der Waals surface area contributed by atoms with Crippen LogP contribution in [0.15, 0.2) is 29.3 Å². The van der Waals surface area contributed by atoms with E-state index in [0.717, 1.165) is 31.7 Å². The fourth-order valence-electron chi connectivity index (χ4n) is 11.5. The number of nitriles is 1. The van der Waals surface area contributed by atoms with Crippen molar-refractivity contribution in [3.05, 3.63) is 51.6 Å². The fourth-order valence-corrected chi connectivity index (χ4v) is 11.5. The SMILES string of the molecule is N#Cc1ccc(N2CCN(C(=O)C34C5C6C3C3C4C5C63COC[C@@H]3CCCC3c3cn[nH]c(=O)c3C(F)(F)F)CC2)nc1. The van der Waals surface area contributed by atoms with Gasteiger partial charge in [-0.25, -0.2) is 10.1 Å². The van der Waals surface area contributed by atoms with Crippen molar-refractivity contribution in [1.29, 1.82) is 5.26 Å². The van der Waals surface area contributed by atoms with E-state index in [4.69, 9.17) is 10.00 Å². The Labute approximate surface area is 245 Å². The van der Waals surface area contributed by atoms with Gasteiger partial charge in [0, 0.05) is 44.4 Å². The summed E-state index contributed by atoms with van der Waals surface area (Å²) in [5.41, 5.74) is -1.72. The highest BCUT2D eigenvalue weighted by molar-refractivity contribution is 5.92. The first kappa shape index (κ1) is 26.0. The summed E-state index contributed by atoms with van der Waals surface area (Å²) < 4.78 is 47.4. The van der Waals surface area contributed by atoms with E-state index >= 15 is 0 Å². The molecular formula is C31H31F3N6O3. The summed E-state index contributed by atoms with van der Waals surface area (Å²) in [6, 6.07) is 5.72. The summed E-state index contributed by atoms with van der Waals surface area (Å²) in [4.78, 5) is 34.5. The van der Waals surface area contributed by atoms with Crippen LogP contribution in [0.3, 0.4) is 0 Å². The van der Waals surface area contributed by atoms with Crippen molar-refractivity contribution in [2.24, 2.45) is 52.3 Å². The number of alkyl halides is 3. The van der Waals surface area contributed by atoms with Crippen LogP contribution in [-0.2, 0) is 15.7 Å². The summed E-state index contributed by atoms with van der Waals surface area (Å²) in [6.45, 7) is 3.86. The third-order valence-corrected chi connectivity index (χ3v) is 12.9. The molecule has 8 aliphatic rings. The average molecular weight is 593 g/mol. The third-order valence-electron chi connectivity index (χ3n) is 12.9. The van der Waals surface area contributed by atoms with Gasteiger partial charge >= 0.3 is 6.18 Å². The molecule has 10 rings (SSSR count). The molecule has 2 atom stereocenters. The van der Waals surface area contributed by atoms with Gasteiger partial charge < -0.3 is 14.5 Å². The second-order valence-electron chi connectivity index (χ2n) is 13.8. The molecule has 7 aliphatic carbocycles. The van der Waals surface area contributed by atoms with Crippen LogP contribution in [-0.4, -0.2) is 65.4 Å². The Balaban J connectivity index is 0.809. The predicted molar refractivity (Wildman–Crippen MR) is 144 cm³/mol. The number of aromatic nitrogens is 3. The number of piperazine rings is 1. The zero-order valence-electron chi connectivity index (χ0n) is 23.4. The second-order valence-corrected chi connectivity index (χ2v) is 13.8. The number of H-pyrrole nitrogens is 1. The van der Waals surface area contributed by atoms with Gasteiger partial charge in [0.15, 0.2) is 0 Å². The number of hydrogen-bond acceptors (Lipinski definition) is 7. The zero-order valence-corrected chi connectivity index (χ0v) is 23.4. The summed E-state index contributed by atoms with van der Waals surface area (Å²) in [5, 5.41) is 14.6. The van der Waals surface area contributed by atoms with Gasteiger partial charge in [0.05, 0.1) is 23.8 Å². The number of amides is 1. The van der Waals surface area contributed by atoms with Crippen molar-refractivity contribution in [3.63, 3.8) is 0 Å². The van der Waals surface area contributed by atoms with Crippen molar-refractivity contribution < 1.29 is 22.7 Å². The number of nitrogens with one attached hydrogen (secondary N) is 1. The van der Waals surface area contributed by atoms with E-state index in [-0.39, 0.29) is 28.2 Å². The lowest BCUT2D eigenvalue weighted by Crippen LogP contribution is -3.11. The van der Waals surface area contributed by atoms with Crippen LogP contribution >= 0.6 is 0 Å². The topological polar surface area (TPSA) is 115 Å². The normalized spacial score (nSPS) is 40.8. The molecule has 0 spiro atoms. The van der Waals surface area contributed by atoms with E-state index in [1.807, 2.05) is 11.2 Å². The molecule has 8 fully saturated rings. The molecule has 0 aromatic carbocycles. The van der Waals surface area contributed by atoms with Crippen molar-refractivity contribution in [3.8, 4) is 6.07 Å². The van der Waals surface area contributed by atoms with Crippen molar-refractivity contribution in [1.82, 2.24) is 20.1 Å². The van der Waals surface area contributed by atoms with Crippen molar-refractivity contribution in [2.45, 2.75) is 31.4 Å². The van der Waals surface area contributed by atoms with E-state index in [0.29, 0.717) is 79.7 Å². The first-order chi connectivity index (χ1) is 20.7. The quantitative estimate of drug-likeness (QED) is 0.526. The standard InChI is InChI=1S/C31H31F3N6O3/c32-31(33,34)20-18(12-37-38-27(20)41)17-3-1-2-16(17)13-43-14-29-21-24-22(29)26-23(29)25(21)30(24,26)28(42)40-8-6-39(7-9-40)19-5-4-15(10-35)11-36-19/h4-5,11-12,16-17,21-26H,1-3,6-9,13-14H2,(H,38,41)/t16-,17?,21?,22?,23?,24?,25?,26?,29?,30?/m0/s1. The highest BCUT2D eigenvalue weighted by atomic mass is 19.4. The number of hydrogen-bond donors (Lipinski definition) is 1. The van der Waals surface area contributed by atoms with Crippen LogP contribution < -0.4 is 10.5 Å². The minimum Gasteiger partial charge on any atom is -0.381 e. The Morgan fingerprint density at radius 3 is 2.42 bits per heavy atom. The lowest BCUT2D eigenvalue weighted by molar-refractivity contribution is -0.645. The first-order valence-electron chi connectivity index (χ1n) is 15.4. The molecule has 224 valence electrons. The van der Waals surface area contributed by atoms with Crippen molar-refractivity contribution in [2.75, 3.05) is 44.3 Å². The molecular weight excluding hydrogens is 561 g/mol. The molecule has 1 saturated heterocycles. The van der Waals surface area contributed by atoms with Gasteiger partial charge in [-0.05, 0) is 77.9 Å². The van der Waals surface area contributed by atoms with Gasteiger partial charge in [0.2, 0.25) is 5.91 Å². The Bertz CT molecular complexity index is 1570. The van der Waals surface area contributed by atoms with Crippen LogP contribution in [0.1, 0.15) is 41.9 Å². The Kier molecular flexibility index (Phi) is 5.06. The van der Waals surface area contributed by atoms with Gasteiger partial charge in [-0.15, -0.1) is 0 Å². The molecule has 1 aliphatic heterocycles. The molecule has 2 aromatic heterocycles. The molecule has 2 aromatic rings. The highest BCUT2D eigenvalue weighted by Gasteiger charge is 3.11. The molecule has 43 heavy (non-hydrogen) atoms. The van der Waals surface area contributed by atoms with Gasteiger partial charge in [-0.2, -0.15) is 23.5 Å². The van der Waals surface area contributed by atoms with Crippen LogP contribution in [0.25, 0.3) is 0 Å². The average Bonchev–Trinajstić information content (AvgIpc) is 3.49. The largest absolute Gasteiger partial charge is 0.422 e. The molecule has 7 saturated carbocycles.